The summed E-state index contributed by atoms with van der Waals surface area (Å²) in [5, 5.41) is 4.86. The highest BCUT2D eigenvalue weighted by Gasteiger charge is 2.33. The number of urea groups is 1. The van der Waals surface area contributed by atoms with Gasteiger partial charge in [-0.15, -0.1) is 11.3 Å². The minimum Gasteiger partial charge on any atom is -0.337 e. The van der Waals surface area contributed by atoms with Crippen LogP contribution < -0.4 is 5.32 Å². The van der Waals surface area contributed by atoms with Gasteiger partial charge in [0.2, 0.25) is 10.0 Å². The number of thiophene rings is 1. The molecule has 1 aromatic heterocycles. The van der Waals surface area contributed by atoms with Crippen LogP contribution in [0.2, 0.25) is 0 Å². The largest absolute Gasteiger partial charge is 0.416 e. The molecule has 0 unspecified atom stereocenters. The number of carbonyl (C=O) groups is 1. The summed E-state index contributed by atoms with van der Waals surface area (Å²) in [6, 6.07) is 7.26. The number of hydrogen-bond acceptors (Lipinski definition) is 5. The predicted octanol–water partition coefficient (Wildman–Crippen LogP) is 3.72. The average molecular weight is 494 g/mol. The van der Waals surface area contributed by atoms with Gasteiger partial charge in [0, 0.05) is 49.1 Å². The summed E-state index contributed by atoms with van der Waals surface area (Å²) in [7, 11) is -3.91. The van der Waals surface area contributed by atoms with E-state index in [2.05, 4.69) is 11.4 Å². The molecule has 0 saturated carbocycles. The van der Waals surface area contributed by atoms with Crippen molar-refractivity contribution < 1.29 is 26.4 Å². The molecular formula is C19H22F3N3O3S3. The number of hydrogen-bond donors (Lipinski definition) is 1. The van der Waals surface area contributed by atoms with Gasteiger partial charge in [-0.3, -0.25) is 0 Å². The van der Waals surface area contributed by atoms with E-state index in [1.54, 1.807) is 28.0 Å². The number of nitrogens with zero attached hydrogens (tertiary/aromatic N) is 2. The molecule has 1 fully saturated rings. The van der Waals surface area contributed by atoms with Gasteiger partial charge in [0.25, 0.3) is 0 Å². The van der Waals surface area contributed by atoms with Gasteiger partial charge in [-0.25, -0.2) is 13.2 Å². The monoisotopic (exact) mass is 493 g/mol. The summed E-state index contributed by atoms with van der Waals surface area (Å²) in [4.78, 5) is 14.9. The zero-order valence-corrected chi connectivity index (χ0v) is 18.9. The number of benzene rings is 1. The lowest BCUT2D eigenvalue weighted by atomic mass is 10.2. The van der Waals surface area contributed by atoms with Crippen molar-refractivity contribution in [3.05, 3.63) is 52.2 Å². The van der Waals surface area contributed by atoms with Crippen molar-refractivity contribution in [3.63, 3.8) is 0 Å². The molecule has 170 valence electrons. The van der Waals surface area contributed by atoms with Gasteiger partial charge in [0.15, 0.2) is 0 Å². The number of nitrogens with one attached hydrogen (secondary N) is 1. The standard InChI is InChI=1S/C19H22F3N3O3S3/c20-19(21,22)15-3-5-17(6-4-15)31(27,28)25-10-8-24(9-11-25)18(26)23-7-13-29-14-16-2-1-12-30-16/h1-6,12H,7-11,13-14H2,(H,23,26). The first kappa shape index (κ1) is 23.9. The molecule has 1 aliphatic rings. The normalized spacial score (nSPS) is 15.8. The number of sulfonamides is 1. The van der Waals surface area contributed by atoms with Crippen LogP contribution in [0.4, 0.5) is 18.0 Å². The van der Waals surface area contributed by atoms with Crippen molar-refractivity contribution in [3.8, 4) is 0 Å². The number of carbonyl (C=O) groups excluding carboxylic acids is 1. The lowest BCUT2D eigenvalue weighted by Gasteiger charge is -2.34. The van der Waals surface area contributed by atoms with Gasteiger partial charge in [0.1, 0.15) is 0 Å². The van der Waals surface area contributed by atoms with Gasteiger partial charge < -0.3 is 10.2 Å². The molecule has 0 spiro atoms. The number of halogens is 3. The molecule has 1 aliphatic heterocycles. The van der Waals surface area contributed by atoms with Crippen LogP contribution in [-0.4, -0.2) is 62.1 Å². The van der Waals surface area contributed by atoms with Crippen LogP contribution in [0, 0.1) is 0 Å². The molecule has 2 heterocycles. The Hall–Kier alpha value is -1.76. The summed E-state index contributed by atoms with van der Waals surface area (Å²) < 4.78 is 64.6. The molecule has 0 aliphatic carbocycles. The van der Waals surface area contributed by atoms with Crippen molar-refractivity contribution in [2.24, 2.45) is 0 Å². The summed E-state index contributed by atoms with van der Waals surface area (Å²) in [6.07, 6.45) is -4.52. The van der Waals surface area contributed by atoms with Gasteiger partial charge in [-0.05, 0) is 35.7 Å². The summed E-state index contributed by atoms with van der Waals surface area (Å²) >= 11 is 3.41. The fourth-order valence-corrected chi connectivity index (χ4v) is 6.13. The molecular weight excluding hydrogens is 471 g/mol. The number of rotatable bonds is 7. The average Bonchev–Trinajstić information content (AvgIpc) is 3.26. The molecule has 1 aromatic carbocycles. The zero-order valence-electron chi connectivity index (χ0n) is 16.5. The second-order valence-electron chi connectivity index (χ2n) is 6.78. The molecule has 3 rings (SSSR count). The van der Waals surface area contributed by atoms with E-state index in [1.165, 1.54) is 9.18 Å². The lowest BCUT2D eigenvalue weighted by molar-refractivity contribution is -0.137. The molecule has 31 heavy (non-hydrogen) atoms. The fraction of sp³-hybridized carbons (Fsp3) is 0.421. The maximum atomic E-state index is 12.7. The fourth-order valence-electron chi connectivity index (χ4n) is 3.01. The molecule has 0 bridgehead atoms. The van der Waals surface area contributed by atoms with Gasteiger partial charge >= 0.3 is 12.2 Å². The third-order valence-corrected chi connectivity index (χ3v) is 8.67. The maximum absolute atomic E-state index is 12.7. The van der Waals surface area contributed by atoms with Crippen LogP contribution in [-0.2, 0) is 22.0 Å². The third-order valence-electron chi connectivity index (χ3n) is 4.69. The minimum atomic E-state index is -4.52. The van der Waals surface area contributed by atoms with Crippen molar-refractivity contribution >= 4 is 39.2 Å². The van der Waals surface area contributed by atoms with E-state index in [0.29, 0.717) is 6.54 Å². The molecule has 2 aromatic rings. The van der Waals surface area contributed by atoms with Crippen LogP contribution in [0.25, 0.3) is 0 Å². The van der Waals surface area contributed by atoms with Crippen LogP contribution in [0.5, 0.6) is 0 Å². The molecule has 0 radical (unpaired) electrons. The molecule has 1 N–H and O–H groups in total. The molecule has 1 saturated heterocycles. The smallest absolute Gasteiger partial charge is 0.337 e. The second kappa shape index (κ2) is 10.2. The van der Waals surface area contributed by atoms with Crippen LogP contribution >= 0.6 is 23.1 Å². The number of thioether (sulfide) groups is 1. The van der Waals surface area contributed by atoms with Crippen molar-refractivity contribution in [2.75, 3.05) is 38.5 Å². The molecule has 2 amide bonds. The van der Waals surface area contributed by atoms with Crippen LogP contribution in [0.15, 0.2) is 46.7 Å². The molecule has 0 atom stereocenters. The Morgan fingerprint density at radius 3 is 2.35 bits per heavy atom. The third kappa shape index (κ3) is 6.37. The summed E-state index contributed by atoms with van der Waals surface area (Å²) in [5.74, 6) is 1.67. The molecule has 6 nitrogen and oxygen atoms in total. The van der Waals surface area contributed by atoms with Gasteiger partial charge in [0.05, 0.1) is 10.5 Å². The first-order valence-electron chi connectivity index (χ1n) is 9.48. The summed E-state index contributed by atoms with van der Waals surface area (Å²) in [5.41, 5.74) is -0.901. The van der Waals surface area contributed by atoms with E-state index < -0.39 is 21.8 Å². The second-order valence-corrected chi connectivity index (χ2v) is 10.9. The lowest BCUT2D eigenvalue weighted by Crippen LogP contribution is -2.53. The van der Waals surface area contributed by atoms with E-state index in [1.807, 2.05) is 11.4 Å². The maximum Gasteiger partial charge on any atom is 0.416 e. The first-order chi connectivity index (χ1) is 14.7. The van der Waals surface area contributed by atoms with Crippen molar-refractivity contribution in [1.82, 2.24) is 14.5 Å². The van der Waals surface area contributed by atoms with Crippen LogP contribution in [0.1, 0.15) is 10.4 Å². The van der Waals surface area contributed by atoms with Crippen molar-refractivity contribution in [1.29, 1.82) is 0 Å². The van der Waals surface area contributed by atoms with E-state index >= 15 is 0 Å². The Labute approximate surface area is 187 Å². The number of alkyl halides is 3. The highest BCUT2D eigenvalue weighted by molar-refractivity contribution is 7.98. The predicted molar refractivity (Wildman–Crippen MR) is 116 cm³/mol. The Morgan fingerprint density at radius 1 is 1.10 bits per heavy atom. The number of amides is 2. The quantitative estimate of drug-likeness (QED) is 0.597. The SMILES string of the molecule is O=C(NCCSCc1cccs1)N1CCN(S(=O)(=O)c2ccc(C(F)(F)F)cc2)CC1. The zero-order chi connectivity index (χ0) is 22.5. The van der Waals surface area contributed by atoms with Gasteiger partial charge in [-0.1, -0.05) is 6.07 Å². The highest BCUT2D eigenvalue weighted by Crippen LogP contribution is 2.30. The van der Waals surface area contributed by atoms with E-state index in [4.69, 9.17) is 0 Å². The van der Waals surface area contributed by atoms with Gasteiger partial charge in [-0.2, -0.15) is 29.2 Å². The first-order valence-corrected chi connectivity index (χ1v) is 13.0. The Kier molecular flexibility index (Phi) is 7.89. The van der Waals surface area contributed by atoms with Crippen molar-refractivity contribution in [2.45, 2.75) is 16.8 Å². The molecule has 12 heteroatoms. The minimum absolute atomic E-state index is 0.0872. The Bertz CT molecular complexity index is 957. The Balaban J connectivity index is 1.44. The Morgan fingerprint density at radius 2 is 1.77 bits per heavy atom. The number of piperazine rings is 1. The topological polar surface area (TPSA) is 69.7 Å². The van der Waals surface area contributed by atoms with E-state index in [9.17, 15) is 26.4 Å². The van der Waals surface area contributed by atoms with Crippen LogP contribution in [0.3, 0.4) is 0 Å². The van der Waals surface area contributed by atoms with E-state index in [0.717, 1.165) is 35.8 Å². The summed E-state index contributed by atoms with van der Waals surface area (Å²) in [6.45, 7) is 1.12. The highest BCUT2D eigenvalue weighted by atomic mass is 32.2. The van der Waals surface area contributed by atoms with E-state index in [-0.39, 0.29) is 37.1 Å².